The van der Waals surface area contributed by atoms with Crippen molar-refractivity contribution >= 4 is 11.7 Å². The highest BCUT2D eigenvalue weighted by Crippen LogP contribution is 2.33. The Balaban J connectivity index is 1.50. The van der Waals surface area contributed by atoms with Crippen molar-refractivity contribution in [3.05, 3.63) is 24.2 Å². The summed E-state index contributed by atoms with van der Waals surface area (Å²) in [6.07, 6.45) is 4.00. The van der Waals surface area contributed by atoms with E-state index in [1.165, 1.54) is 0 Å². The lowest BCUT2D eigenvalue weighted by atomic mass is 10.2. The predicted molar refractivity (Wildman–Crippen MR) is 106 cm³/mol. The molecule has 8 heteroatoms. The average Bonchev–Trinajstić information content (AvgIpc) is 3.37. The number of hydrogen-bond acceptors (Lipinski definition) is 7. The Morgan fingerprint density at radius 2 is 2.00 bits per heavy atom. The summed E-state index contributed by atoms with van der Waals surface area (Å²) >= 11 is 0. The molecule has 1 atom stereocenters. The molecule has 4 heterocycles. The smallest absolute Gasteiger partial charge is 0.244 e. The molecule has 2 saturated heterocycles. The Kier molecular flexibility index (Phi) is 5.30. The molecule has 0 unspecified atom stereocenters. The lowest BCUT2D eigenvalue weighted by molar-refractivity contribution is -0.129. The van der Waals surface area contributed by atoms with Crippen molar-refractivity contribution in [1.82, 2.24) is 24.9 Å². The van der Waals surface area contributed by atoms with E-state index >= 15 is 0 Å². The van der Waals surface area contributed by atoms with Gasteiger partial charge in [0, 0.05) is 50.9 Å². The molecule has 2 fully saturated rings. The zero-order valence-corrected chi connectivity index (χ0v) is 16.8. The molecule has 150 valence electrons. The maximum atomic E-state index is 11.5. The Bertz CT molecular complexity index is 828. The van der Waals surface area contributed by atoms with Gasteiger partial charge in [0.15, 0.2) is 0 Å². The molecule has 0 spiro atoms. The van der Waals surface area contributed by atoms with Crippen molar-refractivity contribution < 1.29 is 9.32 Å². The quantitative estimate of drug-likeness (QED) is 0.800. The minimum Gasteiger partial charge on any atom is -0.353 e. The molecule has 28 heavy (non-hydrogen) atoms. The van der Waals surface area contributed by atoms with Crippen LogP contribution in [0.5, 0.6) is 0 Å². The first-order valence-corrected chi connectivity index (χ1v) is 10.1. The van der Waals surface area contributed by atoms with Gasteiger partial charge < -0.3 is 14.3 Å². The third kappa shape index (κ3) is 3.73. The zero-order chi connectivity index (χ0) is 19.7. The summed E-state index contributed by atoms with van der Waals surface area (Å²) in [5, 5.41) is 4.23. The highest BCUT2D eigenvalue weighted by molar-refractivity contribution is 5.73. The number of likely N-dealkylation sites (tertiary alicyclic amines) is 1. The second kappa shape index (κ2) is 7.87. The van der Waals surface area contributed by atoms with E-state index in [-0.39, 0.29) is 11.9 Å². The number of piperazine rings is 1. The van der Waals surface area contributed by atoms with Gasteiger partial charge in [-0.25, -0.2) is 4.98 Å². The fourth-order valence-electron chi connectivity index (χ4n) is 4.14. The van der Waals surface area contributed by atoms with Crippen LogP contribution in [-0.2, 0) is 4.79 Å². The molecule has 2 aliphatic rings. The number of nitrogens with zero attached hydrogens (tertiary/aromatic N) is 6. The third-order valence-corrected chi connectivity index (χ3v) is 5.74. The first-order valence-electron chi connectivity index (χ1n) is 10.1. The van der Waals surface area contributed by atoms with Crippen LogP contribution < -0.4 is 4.90 Å². The number of rotatable bonds is 4. The van der Waals surface area contributed by atoms with Crippen molar-refractivity contribution in [2.24, 2.45) is 0 Å². The SMILES string of the molecule is CC(=O)N1CCN(c2cc(-c3noc([C@@H]4CCCN4C(C)C)n3)ccn2)CC1. The second-order valence-electron chi connectivity index (χ2n) is 7.84. The number of anilines is 1. The largest absolute Gasteiger partial charge is 0.353 e. The number of carbonyl (C=O) groups is 1. The van der Waals surface area contributed by atoms with E-state index in [1.54, 1.807) is 13.1 Å². The molecule has 0 aromatic carbocycles. The average molecular weight is 384 g/mol. The highest BCUT2D eigenvalue weighted by Gasteiger charge is 2.32. The van der Waals surface area contributed by atoms with Crippen molar-refractivity contribution in [1.29, 1.82) is 0 Å². The molecular weight excluding hydrogens is 356 g/mol. The van der Waals surface area contributed by atoms with Gasteiger partial charge in [0.2, 0.25) is 17.6 Å². The van der Waals surface area contributed by atoms with E-state index in [4.69, 9.17) is 9.51 Å². The van der Waals surface area contributed by atoms with E-state index in [2.05, 4.69) is 33.8 Å². The van der Waals surface area contributed by atoms with Crippen LogP contribution in [0.15, 0.2) is 22.9 Å². The Hall–Kier alpha value is -2.48. The summed E-state index contributed by atoms with van der Waals surface area (Å²) in [6, 6.07) is 4.59. The molecule has 8 nitrogen and oxygen atoms in total. The molecule has 4 rings (SSSR count). The summed E-state index contributed by atoms with van der Waals surface area (Å²) < 4.78 is 5.63. The van der Waals surface area contributed by atoms with Crippen molar-refractivity contribution in [3.63, 3.8) is 0 Å². The fourth-order valence-corrected chi connectivity index (χ4v) is 4.14. The van der Waals surface area contributed by atoms with Gasteiger partial charge in [-0.3, -0.25) is 9.69 Å². The number of hydrogen-bond donors (Lipinski definition) is 0. The highest BCUT2D eigenvalue weighted by atomic mass is 16.5. The Morgan fingerprint density at radius 3 is 2.71 bits per heavy atom. The molecule has 2 aromatic rings. The van der Waals surface area contributed by atoms with Gasteiger partial charge in [-0.05, 0) is 45.4 Å². The third-order valence-electron chi connectivity index (χ3n) is 5.74. The van der Waals surface area contributed by atoms with E-state index in [1.807, 2.05) is 17.0 Å². The van der Waals surface area contributed by atoms with Crippen LogP contribution in [0.3, 0.4) is 0 Å². The van der Waals surface area contributed by atoms with Crippen molar-refractivity contribution in [2.45, 2.75) is 45.7 Å². The lowest BCUT2D eigenvalue weighted by Gasteiger charge is -2.34. The minimum atomic E-state index is 0.128. The van der Waals surface area contributed by atoms with Gasteiger partial charge in [0.05, 0.1) is 6.04 Å². The molecule has 0 bridgehead atoms. The first kappa shape index (κ1) is 18.9. The lowest BCUT2D eigenvalue weighted by Crippen LogP contribution is -2.48. The van der Waals surface area contributed by atoms with Gasteiger partial charge in [0.1, 0.15) is 5.82 Å². The topological polar surface area (TPSA) is 78.6 Å². The van der Waals surface area contributed by atoms with E-state index in [9.17, 15) is 4.79 Å². The number of aromatic nitrogens is 3. The van der Waals surface area contributed by atoms with E-state index < -0.39 is 0 Å². The second-order valence-corrected chi connectivity index (χ2v) is 7.84. The summed E-state index contributed by atoms with van der Waals surface area (Å²) in [7, 11) is 0. The van der Waals surface area contributed by atoms with Gasteiger partial charge in [-0.15, -0.1) is 0 Å². The minimum absolute atomic E-state index is 0.128. The predicted octanol–water partition coefficient (Wildman–Crippen LogP) is 2.35. The first-order chi connectivity index (χ1) is 13.5. The monoisotopic (exact) mass is 384 g/mol. The van der Waals surface area contributed by atoms with Gasteiger partial charge in [-0.1, -0.05) is 5.16 Å². The van der Waals surface area contributed by atoms with Crippen LogP contribution in [0.25, 0.3) is 11.4 Å². The molecule has 0 aliphatic carbocycles. The molecule has 0 saturated carbocycles. The van der Waals surface area contributed by atoms with Crippen LogP contribution in [0.4, 0.5) is 5.82 Å². The van der Waals surface area contributed by atoms with Gasteiger partial charge in [0.25, 0.3) is 0 Å². The van der Waals surface area contributed by atoms with Crippen LogP contribution >= 0.6 is 0 Å². The number of carbonyl (C=O) groups excluding carboxylic acids is 1. The molecule has 0 N–H and O–H groups in total. The van der Waals surface area contributed by atoms with Gasteiger partial charge >= 0.3 is 0 Å². The standard InChI is InChI=1S/C20H28N6O2/c1-14(2)26-8-4-5-17(26)20-22-19(23-28-20)16-6-7-21-18(13-16)25-11-9-24(10-12-25)15(3)27/h6-7,13-14,17H,4-5,8-12H2,1-3H3/t17-/m0/s1. The summed E-state index contributed by atoms with van der Waals surface area (Å²) in [6.45, 7) is 10.1. The van der Waals surface area contributed by atoms with Crippen LogP contribution in [0, 0.1) is 0 Å². The molecule has 1 amide bonds. The maximum absolute atomic E-state index is 11.5. The van der Waals surface area contributed by atoms with Crippen molar-refractivity contribution in [3.8, 4) is 11.4 Å². The van der Waals surface area contributed by atoms with Gasteiger partial charge in [-0.2, -0.15) is 4.98 Å². The Labute approximate surface area is 165 Å². The van der Waals surface area contributed by atoms with Crippen LogP contribution in [0.1, 0.15) is 45.5 Å². The summed E-state index contributed by atoms with van der Waals surface area (Å²) in [5.41, 5.74) is 0.906. The molecule has 2 aromatic heterocycles. The van der Waals surface area contributed by atoms with Crippen LogP contribution in [0.2, 0.25) is 0 Å². The number of amides is 1. The number of pyridine rings is 1. The van der Waals surface area contributed by atoms with Crippen molar-refractivity contribution in [2.75, 3.05) is 37.6 Å². The summed E-state index contributed by atoms with van der Waals surface area (Å²) in [5.74, 6) is 2.33. The molecular formula is C20H28N6O2. The molecule has 2 aliphatic heterocycles. The van der Waals surface area contributed by atoms with E-state index in [0.29, 0.717) is 17.8 Å². The van der Waals surface area contributed by atoms with Crippen LogP contribution in [-0.4, -0.2) is 69.6 Å². The summed E-state index contributed by atoms with van der Waals surface area (Å²) in [4.78, 5) is 27.2. The normalized spacial score (nSPS) is 20.9. The fraction of sp³-hybridized carbons (Fsp3) is 0.600. The Morgan fingerprint density at radius 1 is 1.21 bits per heavy atom. The van der Waals surface area contributed by atoms with E-state index in [0.717, 1.165) is 56.9 Å². The molecule has 0 radical (unpaired) electrons. The maximum Gasteiger partial charge on any atom is 0.244 e. The zero-order valence-electron chi connectivity index (χ0n) is 16.8.